The minimum atomic E-state index is -1.02. The number of rotatable bonds is 4. The van der Waals surface area contributed by atoms with Gasteiger partial charge in [0.15, 0.2) is 5.82 Å². The van der Waals surface area contributed by atoms with E-state index < -0.39 is 11.8 Å². The highest BCUT2D eigenvalue weighted by Crippen LogP contribution is 2.30. The molecule has 0 radical (unpaired) electrons. The number of nitrogen functional groups attached to an aromatic ring is 1. The molecule has 0 fully saturated rings. The highest BCUT2D eigenvalue weighted by molar-refractivity contribution is 7.99. The summed E-state index contributed by atoms with van der Waals surface area (Å²) in [5.41, 5.74) is 0.0290. The Morgan fingerprint density at radius 1 is 1.53 bits per heavy atom. The number of aromatic nitrogens is 3. The molecule has 1 aromatic heterocycles. The van der Waals surface area contributed by atoms with E-state index in [0.29, 0.717) is 0 Å². The van der Waals surface area contributed by atoms with E-state index in [-0.39, 0.29) is 27.3 Å². The Hall–Kier alpha value is -1.80. The minimum Gasteiger partial charge on any atom is -0.481 e. The topological polar surface area (TPSA) is 94.0 Å². The number of benzene rings is 1. The van der Waals surface area contributed by atoms with Crippen molar-refractivity contribution < 1.29 is 14.3 Å². The summed E-state index contributed by atoms with van der Waals surface area (Å²) in [6.45, 7) is 0. The van der Waals surface area contributed by atoms with Crippen LogP contribution in [0.15, 0.2) is 23.4 Å². The molecule has 0 saturated carbocycles. The number of hydrogen-bond acceptors (Lipinski definition) is 5. The van der Waals surface area contributed by atoms with E-state index in [1.165, 1.54) is 18.2 Å². The van der Waals surface area contributed by atoms with Crippen molar-refractivity contribution in [2.45, 2.75) is 5.16 Å². The number of hydrogen-bond donors (Lipinski definition) is 2. The van der Waals surface area contributed by atoms with Crippen LogP contribution in [0.25, 0.3) is 11.4 Å². The van der Waals surface area contributed by atoms with Gasteiger partial charge in [0, 0.05) is 0 Å². The first-order valence-electron chi connectivity index (χ1n) is 5.00. The Kier molecular flexibility index (Phi) is 3.91. The molecule has 6 nitrogen and oxygen atoms in total. The molecule has 0 aliphatic rings. The molecule has 0 aliphatic carbocycles. The van der Waals surface area contributed by atoms with Crippen LogP contribution in [0.5, 0.6) is 0 Å². The number of halogens is 2. The molecule has 1 aromatic carbocycles. The van der Waals surface area contributed by atoms with Gasteiger partial charge < -0.3 is 10.9 Å². The van der Waals surface area contributed by atoms with Gasteiger partial charge in [-0.25, -0.2) is 9.07 Å². The monoisotopic (exact) mass is 302 g/mol. The lowest BCUT2D eigenvalue weighted by atomic mass is 10.2. The zero-order valence-corrected chi connectivity index (χ0v) is 11.0. The fourth-order valence-electron chi connectivity index (χ4n) is 1.38. The van der Waals surface area contributed by atoms with Crippen LogP contribution in [0.3, 0.4) is 0 Å². The maximum absolute atomic E-state index is 13.7. The largest absolute Gasteiger partial charge is 0.481 e. The molecule has 19 heavy (non-hydrogen) atoms. The Morgan fingerprint density at radius 3 is 2.89 bits per heavy atom. The van der Waals surface area contributed by atoms with Gasteiger partial charge in [0.2, 0.25) is 5.16 Å². The lowest BCUT2D eigenvalue weighted by Gasteiger charge is -2.05. The van der Waals surface area contributed by atoms with Crippen molar-refractivity contribution in [2.75, 3.05) is 11.6 Å². The average molecular weight is 303 g/mol. The van der Waals surface area contributed by atoms with Crippen molar-refractivity contribution in [3.63, 3.8) is 0 Å². The molecule has 9 heteroatoms. The summed E-state index contributed by atoms with van der Waals surface area (Å²) in [6, 6.07) is 4.18. The van der Waals surface area contributed by atoms with Crippen LogP contribution in [0.4, 0.5) is 4.39 Å². The van der Waals surface area contributed by atoms with E-state index in [1.807, 2.05) is 0 Å². The molecule has 0 saturated heterocycles. The highest BCUT2D eigenvalue weighted by atomic mass is 35.5. The number of carboxylic acids is 1. The van der Waals surface area contributed by atoms with E-state index in [1.54, 1.807) is 0 Å². The smallest absolute Gasteiger partial charge is 0.313 e. The van der Waals surface area contributed by atoms with Crippen LogP contribution in [0.2, 0.25) is 5.02 Å². The second kappa shape index (κ2) is 5.45. The molecular formula is C10H8ClFN4O2S. The maximum atomic E-state index is 13.7. The number of carbonyl (C=O) groups is 1. The number of thioether (sulfide) groups is 1. The van der Waals surface area contributed by atoms with Gasteiger partial charge in [-0.1, -0.05) is 29.4 Å². The van der Waals surface area contributed by atoms with E-state index in [0.717, 1.165) is 16.4 Å². The molecule has 0 amide bonds. The van der Waals surface area contributed by atoms with Gasteiger partial charge in [0.05, 0.1) is 16.3 Å². The number of nitrogens with zero attached hydrogens (tertiary/aromatic N) is 3. The summed E-state index contributed by atoms with van der Waals surface area (Å²) in [6.07, 6.45) is 0. The van der Waals surface area contributed by atoms with Crippen LogP contribution in [0.1, 0.15) is 0 Å². The molecule has 2 rings (SSSR count). The van der Waals surface area contributed by atoms with E-state index in [4.69, 9.17) is 22.6 Å². The maximum Gasteiger partial charge on any atom is 0.313 e. The Labute approximate surface area is 116 Å². The Bertz CT molecular complexity index is 614. The Balaban J connectivity index is 2.39. The Morgan fingerprint density at radius 2 is 2.26 bits per heavy atom. The van der Waals surface area contributed by atoms with Gasteiger partial charge in [-0.15, -0.1) is 10.2 Å². The summed E-state index contributed by atoms with van der Waals surface area (Å²) in [4.78, 5) is 10.5. The summed E-state index contributed by atoms with van der Waals surface area (Å²) in [5, 5.41) is 16.3. The van der Waals surface area contributed by atoms with Crippen molar-refractivity contribution in [3.05, 3.63) is 29.0 Å². The third kappa shape index (κ3) is 2.79. The standard InChI is InChI=1S/C10H8ClFN4O2S/c11-5-2-1-3-6(12)8(5)9-14-15-10(16(9)13)19-4-7(17)18/h1-3H,4,13H2,(H,17,18). The van der Waals surface area contributed by atoms with E-state index >= 15 is 0 Å². The van der Waals surface area contributed by atoms with Gasteiger partial charge in [0.1, 0.15) is 5.82 Å². The first-order valence-corrected chi connectivity index (χ1v) is 6.36. The highest BCUT2D eigenvalue weighted by Gasteiger charge is 2.18. The molecule has 0 spiro atoms. The van der Waals surface area contributed by atoms with Crippen LogP contribution >= 0.6 is 23.4 Å². The normalized spacial score (nSPS) is 10.6. The third-order valence-electron chi connectivity index (χ3n) is 2.18. The SMILES string of the molecule is Nn1c(SCC(=O)O)nnc1-c1c(F)cccc1Cl. The van der Waals surface area contributed by atoms with Crippen molar-refractivity contribution in [2.24, 2.45) is 0 Å². The van der Waals surface area contributed by atoms with Crippen molar-refractivity contribution >= 4 is 29.3 Å². The van der Waals surface area contributed by atoms with Gasteiger partial charge in [-0.3, -0.25) is 4.79 Å². The van der Waals surface area contributed by atoms with Gasteiger partial charge in [-0.2, -0.15) is 0 Å². The predicted molar refractivity (Wildman–Crippen MR) is 68.9 cm³/mol. The van der Waals surface area contributed by atoms with Crippen LogP contribution in [0, 0.1) is 5.82 Å². The zero-order chi connectivity index (χ0) is 14.0. The quantitative estimate of drug-likeness (QED) is 0.658. The van der Waals surface area contributed by atoms with E-state index in [9.17, 15) is 9.18 Å². The second-order valence-electron chi connectivity index (χ2n) is 3.46. The second-order valence-corrected chi connectivity index (χ2v) is 4.80. The number of aliphatic carboxylic acids is 1. The number of carboxylic acid groups (broad SMARTS) is 1. The zero-order valence-electron chi connectivity index (χ0n) is 9.38. The lowest BCUT2D eigenvalue weighted by molar-refractivity contribution is -0.133. The average Bonchev–Trinajstić information content (AvgIpc) is 2.68. The van der Waals surface area contributed by atoms with Crippen LogP contribution < -0.4 is 5.84 Å². The molecule has 0 unspecified atom stereocenters. The molecule has 1 heterocycles. The van der Waals surface area contributed by atoms with Gasteiger partial charge in [0.25, 0.3) is 0 Å². The lowest BCUT2D eigenvalue weighted by Crippen LogP contribution is -2.13. The molecule has 0 bridgehead atoms. The van der Waals surface area contributed by atoms with E-state index in [2.05, 4.69) is 10.2 Å². The summed E-state index contributed by atoms with van der Waals surface area (Å²) >= 11 is 6.78. The van der Waals surface area contributed by atoms with Crippen molar-refractivity contribution in [1.82, 2.24) is 14.9 Å². The fraction of sp³-hybridized carbons (Fsp3) is 0.100. The molecule has 2 aromatic rings. The van der Waals surface area contributed by atoms with Crippen LogP contribution in [-0.4, -0.2) is 31.7 Å². The summed E-state index contributed by atoms with van der Waals surface area (Å²) < 4.78 is 14.7. The van der Waals surface area contributed by atoms with Crippen molar-refractivity contribution in [3.8, 4) is 11.4 Å². The van der Waals surface area contributed by atoms with Crippen LogP contribution in [-0.2, 0) is 4.79 Å². The predicted octanol–water partition coefficient (Wildman–Crippen LogP) is 1.63. The summed E-state index contributed by atoms with van der Waals surface area (Å²) in [5.74, 6) is 3.93. The summed E-state index contributed by atoms with van der Waals surface area (Å²) in [7, 11) is 0. The molecular weight excluding hydrogens is 295 g/mol. The van der Waals surface area contributed by atoms with Gasteiger partial charge >= 0.3 is 5.97 Å². The van der Waals surface area contributed by atoms with Crippen molar-refractivity contribution in [1.29, 1.82) is 0 Å². The number of nitrogens with two attached hydrogens (primary N) is 1. The molecule has 0 aliphatic heterocycles. The minimum absolute atomic E-state index is 0.0290. The third-order valence-corrected chi connectivity index (χ3v) is 3.42. The molecule has 100 valence electrons. The molecule has 0 atom stereocenters. The first kappa shape index (κ1) is 13.6. The first-order chi connectivity index (χ1) is 9.00. The fourth-order valence-corrected chi connectivity index (χ4v) is 2.21. The molecule has 3 N–H and O–H groups in total. The van der Waals surface area contributed by atoms with Gasteiger partial charge in [-0.05, 0) is 12.1 Å².